The average molecular weight is 347 g/mol. The van der Waals surface area contributed by atoms with E-state index in [1.807, 2.05) is 60.7 Å². The molecule has 0 N–H and O–H groups in total. The Labute approximate surface area is 150 Å². The molecule has 2 aromatic carbocycles. The van der Waals surface area contributed by atoms with Crippen molar-refractivity contribution in [2.75, 3.05) is 0 Å². The minimum absolute atomic E-state index is 0.192. The molecule has 0 bridgehead atoms. The van der Waals surface area contributed by atoms with Crippen LogP contribution in [0.2, 0.25) is 0 Å². The molecule has 0 fully saturated rings. The van der Waals surface area contributed by atoms with Crippen LogP contribution in [0.3, 0.4) is 0 Å². The molecule has 0 aliphatic carbocycles. The van der Waals surface area contributed by atoms with E-state index in [9.17, 15) is 4.79 Å². The highest BCUT2D eigenvalue weighted by molar-refractivity contribution is 5.98. The maximum absolute atomic E-state index is 12.7. The lowest BCUT2D eigenvalue weighted by Crippen LogP contribution is -2.26. The molecule has 0 saturated heterocycles. The molecule has 26 heavy (non-hydrogen) atoms. The van der Waals surface area contributed by atoms with E-state index < -0.39 is 18.1 Å². The van der Waals surface area contributed by atoms with Crippen molar-refractivity contribution in [3.05, 3.63) is 95.9 Å². The minimum atomic E-state index is -0.805. The zero-order valence-electron chi connectivity index (χ0n) is 13.9. The fourth-order valence-corrected chi connectivity index (χ4v) is 2.79. The van der Waals surface area contributed by atoms with Crippen LogP contribution in [0.4, 0.5) is 0 Å². The lowest BCUT2D eigenvalue weighted by atomic mass is 10.1. The largest absolute Gasteiger partial charge is 0.465 e. The summed E-state index contributed by atoms with van der Waals surface area (Å²) in [5, 5.41) is 0. The minimum Gasteiger partial charge on any atom is -0.465 e. The summed E-state index contributed by atoms with van der Waals surface area (Å²) < 4.78 is 16.8. The Kier molecular flexibility index (Phi) is 4.51. The van der Waals surface area contributed by atoms with Crippen molar-refractivity contribution in [3.8, 4) is 0 Å². The number of nitrogens with zero attached hydrogens (tertiary/aromatic N) is 1. The molecular weight excluding hydrogens is 330 g/mol. The van der Waals surface area contributed by atoms with Gasteiger partial charge in [-0.3, -0.25) is 0 Å². The molecule has 1 aromatic heterocycles. The number of furan rings is 1. The molecule has 0 spiro atoms. The Morgan fingerprint density at radius 1 is 0.962 bits per heavy atom. The van der Waals surface area contributed by atoms with Crippen LogP contribution in [0.1, 0.15) is 23.0 Å². The number of hydrogen-bond acceptors (Lipinski definition) is 5. The van der Waals surface area contributed by atoms with Crippen molar-refractivity contribution in [1.29, 1.82) is 0 Å². The van der Waals surface area contributed by atoms with Gasteiger partial charge in [-0.1, -0.05) is 48.5 Å². The molecule has 2 atom stereocenters. The Bertz CT molecular complexity index is 888. The van der Waals surface area contributed by atoms with Crippen LogP contribution < -0.4 is 0 Å². The van der Waals surface area contributed by atoms with Crippen LogP contribution in [0.5, 0.6) is 0 Å². The number of benzene rings is 2. The summed E-state index contributed by atoms with van der Waals surface area (Å²) in [6.45, 7) is 0.192. The van der Waals surface area contributed by atoms with E-state index in [2.05, 4.69) is 4.99 Å². The van der Waals surface area contributed by atoms with Gasteiger partial charge in [0.2, 0.25) is 5.90 Å². The summed E-state index contributed by atoms with van der Waals surface area (Å²) >= 11 is 0. The number of hydrogen-bond donors (Lipinski definition) is 0. The molecule has 4 rings (SSSR count). The summed E-state index contributed by atoms with van der Waals surface area (Å²) in [6.07, 6.45) is 0.912. The predicted molar refractivity (Wildman–Crippen MR) is 95.5 cm³/mol. The third kappa shape index (κ3) is 3.37. The lowest BCUT2D eigenvalue weighted by molar-refractivity contribution is -0.148. The summed E-state index contributed by atoms with van der Waals surface area (Å²) in [5.74, 6) is 0.510. The van der Waals surface area contributed by atoms with Crippen LogP contribution in [0, 0.1) is 0 Å². The van der Waals surface area contributed by atoms with E-state index in [0.717, 1.165) is 11.1 Å². The maximum Gasteiger partial charge on any atom is 0.335 e. The highest BCUT2D eigenvalue weighted by Crippen LogP contribution is 2.32. The Morgan fingerprint density at radius 3 is 2.38 bits per heavy atom. The van der Waals surface area contributed by atoms with E-state index in [0.29, 0.717) is 11.7 Å². The normalized spacial score (nSPS) is 18.8. The SMILES string of the molecule is O=C(OCc1ccccc1)C1N=C(c2ccccc2)OC1c1ccco1. The van der Waals surface area contributed by atoms with Gasteiger partial charge in [0.1, 0.15) is 12.4 Å². The zero-order valence-corrected chi connectivity index (χ0v) is 13.9. The van der Waals surface area contributed by atoms with Gasteiger partial charge in [0.05, 0.1) is 6.26 Å². The molecule has 5 heteroatoms. The Hall–Kier alpha value is -3.34. The molecule has 2 unspecified atom stereocenters. The van der Waals surface area contributed by atoms with Gasteiger partial charge in [0.15, 0.2) is 12.1 Å². The molecule has 0 amide bonds. The zero-order chi connectivity index (χ0) is 17.8. The number of aliphatic imine (C=N–C) groups is 1. The Balaban J connectivity index is 1.55. The maximum atomic E-state index is 12.7. The van der Waals surface area contributed by atoms with E-state index >= 15 is 0 Å². The first-order valence-electron chi connectivity index (χ1n) is 8.35. The van der Waals surface area contributed by atoms with Gasteiger partial charge in [-0.05, 0) is 29.8 Å². The van der Waals surface area contributed by atoms with Gasteiger partial charge in [-0.25, -0.2) is 9.79 Å². The second-order valence-corrected chi connectivity index (χ2v) is 5.89. The predicted octanol–water partition coefficient (Wildman–Crippen LogP) is 3.91. The van der Waals surface area contributed by atoms with E-state index in [1.54, 1.807) is 18.4 Å². The lowest BCUT2D eigenvalue weighted by Gasteiger charge is -2.15. The highest BCUT2D eigenvalue weighted by atomic mass is 16.6. The Morgan fingerprint density at radius 2 is 1.69 bits per heavy atom. The average Bonchev–Trinajstić information content (AvgIpc) is 3.37. The first kappa shape index (κ1) is 16.1. The first-order chi connectivity index (χ1) is 12.8. The number of carbonyl (C=O) groups is 1. The number of rotatable bonds is 5. The number of esters is 1. The number of ether oxygens (including phenoxy) is 2. The summed E-state index contributed by atoms with van der Waals surface area (Å²) in [7, 11) is 0. The van der Waals surface area contributed by atoms with Crippen molar-refractivity contribution < 1.29 is 18.7 Å². The van der Waals surface area contributed by atoms with E-state index in [4.69, 9.17) is 13.9 Å². The topological polar surface area (TPSA) is 61.0 Å². The molecule has 0 saturated carbocycles. The van der Waals surface area contributed by atoms with Crippen LogP contribution in [0.15, 0.2) is 88.5 Å². The van der Waals surface area contributed by atoms with Crippen molar-refractivity contribution in [2.45, 2.75) is 18.8 Å². The van der Waals surface area contributed by atoms with Crippen molar-refractivity contribution >= 4 is 11.9 Å². The van der Waals surface area contributed by atoms with Crippen LogP contribution in [-0.4, -0.2) is 17.9 Å². The number of carbonyl (C=O) groups excluding carboxylic acids is 1. The molecular formula is C21H17NO4. The van der Waals surface area contributed by atoms with Gasteiger partial charge in [0.25, 0.3) is 0 Å². The first-order valence-corrected chi connectivity index (χ1v) is 8.35. The third-order valence-corrected chi connectivity index (χ3v) is 4.09. The van der Waals surface area contributed by atoms with Crippen LogP contribution in [-0.2, 0) is 20.9 Å². The second kappa shape index (κ2) is 7.27. The van der Waals surface area contributed by atoms with E-state index in [1.165, 1.54) is 0 Å². The van der Waals surface area contributed by atoms with Crippen LogP contribution in [0.25, 0.3) is 0 Å². The second-order valence-electron chi connectivity index (χ2n) is 5.89. The van der Waals surface area contributed by atoms with Gasteiger partial charge in [-0.15, -0.1) is 0 Å². The summed E-state index contributed by atoms with van der Waals surface area (Å²) in [4.78, 5) is 17.1. The smallest absolute Gasteiger partial charge is 0.335 e. The van der Waals surface area contributed by atoms with Crippen molar-refractivity contribution in [3.63, 3.8) is 0 Å². The third-order valence-electron chi connectivity index (χ3n) is 4.09. The van der Waals surface area contributed by atoms with Crippen molar-refractivity contribution in [2.24, 2.45) is 4.99 Å². The molecule has 1 aliphatic rings. The van der Waals surface area contributed by atoms with Gasteiger partial charge in [0, 0.05) is 5.56 Å². The van der Waals surface area contributed by atoms with E-state index in [-0.39, 0.29) is 6.61 Å². The van der Waals surface area contributed by atoms with Gasteiger partial charge >= 0.3 is 5.97 Å². The van der Waals surface area contributed by atoms with Crippen molar-refractivity contribution in [1.82, 2.24) is 0 Å². The molecule has 1 aliphatic heterocycles. The molecule has 5 nitrogen and oxygen atoms in total. The molecule has 130 valence electrons. The standard InChI is InChI=1S/C21H17NO4/c23-21(25-14-15-8-3-1-4-9-15)18-19(17-12-7-13-24-17)26-20(22-18)16-10-5-2-6-11-16/h1-13,18-19H,14H2. The van der Waals surface area contributed by atoms with Gasteiger partial charge in [-0.2, -0.15) is 0 Å². The summed E-state index contributed by atoms with van der Waals surface area (Å²) in [6, 6.07) is 21.7. The van der Waals surface area contributed by atoms with Gasteiger partial charge < -0.3 is 13.9 Å². The quantitative estimate of drug-likeness (QED) is 0.657. The highest BCUT2D eigenvalue weighted by Gasteiger charge is 2.40. The molecule has 0 radical (unpaired) electrons. The van der Waals surface area contributed by atoms with Crippen LogP contribution >= 0.6 is 0 Å². The fourth-order valence-electron chi connectivity index (χ4n) is 2.79. The monoisotopic (exact) mass is 347 g/mol. The molecule has 3 aromatic rings. The molecule has 2 heterocycles. The summed E-state index contributed by atoms with van der Waals surface area (Å²) in [5.41, 5.74) is 1.73. The fraction of sp³-hybridized carbons (Fsp3) is 0.143.